The zero-order chi connectivity index (χ0) is 16.1. The number of rotatable bonds is 6. The van der Waals surface area contributed by atoms with E-state index in [-0.39, 0.29) is 0 Å². The number of nitrogens with zero attached hydrogens (tertiary/aromatic N) is 1. The van der Waals surface area contributed by atoms with E-state index >= 15 is 0 Å². The van der Waals surface area contributed by atoms with Crippen LogP contribution < -0.4 is 5.32 Å². The second-order valence-corrected chi connectivity index (χ2v) is 6.85. The Labute approximate surface area is 148 Å². The summed E-state index contributed by atoms with van der Waals surface area (Å²) in [6.07, 6.45) is 2.61. The molecule has 1 saturated heterocycles. The second-order valence-electron chi connectivity index (χ2n) is 6.06. The van der Waals surface area contributed by atoms with Crippen molar-refractivity contribution in [2.45, 2.75) is 25.4 Å². The summed E-state index contributed by atoms with van der Waals surface area (Å²) in [5.74, 6) is 0. The van der Waals surface area contributed by atoms with Gasteiger partial charge < -0.3 is 10.2 Å². The van der Waals surface area contributed by atoms with Crippen LogP contribution in [0.25, 0.3) is 0 Å². The van der Waals surface area contributed by atoms with Crippen molar-refractivity contribution in [1.82, 2.24) is 10.2 Å². The van der Waals surface area contributed by atoms with E-state index in [9.17, 15) is 0 Å². The molecule has 2 aromatic carbocycles. The lowest BCUT2D eigenvalue weighted by atomic mass is 10.1. The molecule has 4 heteroatoms. The molecule has 1 aliphatic heterocycles. The number of hydrogen-bond acceptors (Lipinski definition) is 2. The SMILES string of the molecule is Clc1cccc(CNC(CN2CCCC2)c2ccccc2)c1Cl. The first-order valence-corrected chi connectivity index (χ1v) is 8.93. The molecule has 0 amide bonds. The number of likely N-dealkylation sites (tertiary alicyclic amines) is 1. The van der Waals surface area contributed by atoms with Gasteiger partial charge in [-0.2, -0.15) is 0 Å². The summed E-state index contributed by atoms with van der Waals surface area (Å²) in [4.78, 5) is 2.53. The average molecular weight is 349 g/mol. The van der Waals surface area contributed by atoms with Crippen molar-refractivity contribution >= 4 is 23.2 Å². The quantitative estimate of drug-likeness (QED) is 0.796. The molecule has 1 aliphatic rings. The molecule has 1 N–H and O–H groups in total. The molecule has 23 heavy (non-hydrogen) atoms. The maximum atomic E-state index is 6.31. The monoisotopic (exact) mass is 348 g/mol. The maximum absolute atomic E-state index is 6.31. The largest absolute Gasteiger partial charge is 0.305 e. The van der Waals surface area contributed by atoms with Gasteiger partial charge in [0.1, 0.15) is 0 Å². The van der Waals surface area contributed by atoms with Crippen molar-refractivity contribution in [1.29, 1.82) is 0 Å². The Morgan fingerprint density at radius 3 is 2.43 bits per heavy atom. The Bertz CT molecular complexity index is 625. The van der Waals surface area contributed by atoms with E-state index in [0.29, 0.717) is 22.6 Å². The van der Waals surface area contributed by atoms with Gasteiger partial charge in [-0.15, -0.1) is 0 Å². The zero-order valence-electron chi connectivity index (χ0n) is 13.1. The summed E-state index contributed by atoms with van der Waals surface area (Å²) in [5, 5.41) is 4.92. The third-order valence-electron chi connectivity index (χ3n) is 4.41. The van der Waals surface area contributed by atoms with E-state index in [0.717, 1.165) is 12.1 Å². The fraction of sp³-hybridized carbons (Fsp3) is 0.368. The number of nitrogens with one attached hydrogen (secondary N) is 1. The molecule has 122 valence electrons. The van der Waals surface area contributed by atoms with Crippen LogP contribution in [0.15, 0.2) is 48.5 Å². The first kappa shape index (κ1) is 16.8. The first-order valence-electron chi connectivity index (χ1n) is 8.17. The van der Waals surface area contributed by atoms with Gasteiger partial charge in [0.05, 0.1) is 10.0 Å². The molecule has 0 aromatic heterocycles. The highest BCUT2D eigenvalue weighted by atomic mass is 35.5. The number of benzene rings is 2. The van der Waals surface area contributed by atoms with Crippen molar-refractivity contribution in [2.75, 3.05) is 19.6 Å². The molecule has 0 aliphatic carbocycles. The van der Waals surface area contributed by atoms with Crippen molar-refractivity contribution in [3.63, 3.8) is 0 Å². The summed E-state index contributed by atoms with van der Waals surface area (Å²) in [6.45, 7) is 4.14. The summed E-state index contributed by atoms with van der Waals surface area (Å²) in [7, 11) is 0. The van der Waals surface area contributed by atoms with Gasteiger partial charge >= 0.3 is 0 Å². The van der Waals surface area contributed by atoms with Crippen LogP contribution in [0, 0.1) is 0 Å². The highest BCUT2D eigenvalue weighted by molar-refractivity contribution is 6.42. The van der Waals surface area contributed by atoms with E-state index in [1.54, 1.807) is 0 Å². The van der Waals surface area contributed by atoms with Crippen LogP contribution in [-0.2, 0) is 6.54 Å². The topological polar surface area (TPSA) is 15.3 Å². The van der Waals surface area contributed by atoms with Gasteiger partial charge in [-0.3, -0.25) is 0 Å². The minimum atomic E-state index is 0.296. The molecule has 3 rings (SSSR count). The van der Waals surface area contributed by atoms with E-state index in [2.05, 4.69) is 40.5 Å². The molecule has 0 spiro atoms. The fourth-order valence-corrected chi connectivity index (χ4v) is 3.50. The second kappa shape index (κ2) is 8.16. The minimum absolute atomic E-state index is 0.296. The molecule has 0 radical (unpaired) electrons. The van der Waals surface area contributed by atoms with E-state index < -0.39 is 0 Å². The van der Waals surface area contributed by atoms with Crippen molar-refractivity contribution < 1.29 is 0 Å². The molecular formula is C19H22Cl2N2. The highest BCUT2D eigenvalue weighted by Gasteiger charge is 2.19. The predicted molar refractivity (Wildman–Crippen MR) is 98.2 cm³/mol. The van der Waals surface area contributed by atoms with Gasteiger partial charge in [-0.25, -0.2) is 0 Å². The average Bonchev–Trinajstić information content (AvgIpc) is 3.09. The van der Waals surface area contributed by atoms with Crippen molar-refractivity contribution in [2.24, 2.45) is 0 Å². The summed E-state index contributed by atoms with van der Waals surface area (Å²) >= 11 is 12.4. The molecule has 1 heterocycles. The first-order chi connectivity index (χ1) is 11.2. The van der Waals surface area contributed by atoms with Gasteiger partial charge in [0.2, 0.25) is 0 Å². The molecule has 1 unspecified atom stereocenters. The van der Waals surface area contributed by atoms with Crippen LogP contribution in [0.1, 0.15) is 30.0 Å². The Morgan fingerprint density at radius 2 is 1.70 bits per heavy atom. The van der Waals surface area contributed by atoms with Gasteiger partial charge in [0.25, 0.3) is 0 Å². The fourth-order valence-electron chi connectivity index (χ4n) is 3.11. The third kappa shape index (κ3) is 4.48. The van der Waals surface area contributed by atoms with Crippen LogP contribution in [0.5, 0.6) is 0 Å². The van der Waals surface area contributed by atoms with E-state index in [1.165, 1.54) is 31.5 Å². The smallest absolute Gasteiger partial charge is 0.0637 e. The van der Waals surface area contributed by atoms with Crippen molar-refractivity contribution in [3.8, 4) is 0 Å². The van der Waals surface area contributed by atoms with Crippen LogP contribution in [0.2, 0.25) is 10.0 Å². The Morgan fingerprint density at radius 1 is 0.957 bits per heavy atom. The molecular weight excluding hydrogens is 327 g/mol. The van der Waals surface area contributed by atoms with Crippen LogP contribution in [0.3, 0.4) is 0 Å². The molecule has 1 fully saturated rings. The van der Waals surface area contributed by atoms with Crippen LogP contribution >= 0.6 is 23.2 Å². The van der Waals surface area contributed by atoms with E-state index in [4.69, 9.17) is 23.2 Å². The Balaban J connectivity index is 1.71. The normalized spacial score (nSPS) is 16.6. The number of hydrogen-bond donors (Lipinski definition) is 1. The van der Waals surface area contributed by atoms with Gasteiger partial charge in [-0.05, 0) is 43.1 Å². The van der Waals surface area contributed by atoms with E-state index in [1.807, 2.05) is 18.2 Å². The number of halogens is 2. The van der Waals surface area contributed by atoms with Crippen molar-refractivity contribution in [3.05, 3.63) is 69.7 Å². The maximum Gasteiger partial charge on any atom is 0.0637 e. The summed E-state index contributed by atoms with van der Waals surface area (Å²) < 4.78 is 0. The highest BCUT2D eigenvalue weighted by Crippen LogP contribution is 2.26. The lowest BCUT2D eigenvalue weighted by molar-refractivity contribution is 0.291. The minimum Gasteiger partial charge on any atom is -0.305 e. The Hall–Kier alpha value is -1.06. The molecule has 2 nitrogen and oxygen atoms in total. The summed E-state index contributed by atoms with van der Waals surface area (Å²) in [6, 6.07) is 16.7. The van der Waals surface area contributed by atoms with Gasteiger partial charge in [-0.1, -0.05) is 65.7 Å². The standard InChI is InChI=1S/C19H22Cl2N2/c20-17-10-6-9-16(19(17)21)13-22-18(14-23-11-4-5-12-23)15-7-2-1-3-8-15/h1-3,6-10,18,22H,4-5,11-14H2. The molecule has 1 atom stereocenters. The van der Waals surface area contributed by atoms with Gasteiger partial charge in [0, 0.05) is 19.1 Å². The van der Waals surface area contributed by atoms with Crippen LogP contribution in [-0.4, -0.2) is 24.5 Å². The van der Waals surface area contributed by atoms with Crippen LogP contribution in [0.4, 0.5) is 0 Å². The Kier molecular flexibility index (Phi) is 5.96. The summed E-state index contributed by atoms with van der Waals surface area (Å²) in [5.41, 5.74) is 2.36. The predicted octanol–water partition coefficient (Wildman–Crippen LogP) is 4.92. The zero-order valence-corrected chi connectivity index (χ0v) is 14.7. The molecule has 2 aromatic rings. The molecule has 0 saturated carbocycles. The molecule has 0 bridgehead atoms. The lowest BCUT2D eigenvalue weighted by Crippen LogP contribution is -2.33. The lowest BCUT2D eigenvalue weighted by Gasteiger charge is -2.25. The van der Waals surface area contributed by atoms with Gasteiger partial charge in [0.15, 0.2) is 0 Å². The third-order valence-corrected chi connectivity index (χ3v) is 5.27.